The molecule has 10 nitrogen and oxygen atoms in total. The number of benzene rings is 1. The number of hydrogen-bond acceptors (Lipinski definition) is 8. The van der Waals surface area contributed by atoms with Gasteiger partial charge in [-0.25, -0.2) is 23.9 Å². The number of rotatable bonds is 7. The van der Waals surface area contributed by atoms with Gasteiger partial charge in [0.25, 0.3) is 0 Å². The number of carbonyl (C=O) groups is 3. The molecular formula is C25H21FN6O4. The number of pyridine rings is 2. The minimum atomic E-state index is -0.797. The van der Waals surface area contributed by atoms with Gasteiger partial charge in [0, 0.05) is 37.0 Å². The molecule has 0 saturated heterocycles. The molecule has 2 unspecified atom stereocenters. The molecule has 4 rings (SSSR count). The second-order valence-corrected chi connectivity index (χ2v) is 8.06. The number of nitriles is 1. The van der Waals surface area contributed by atoms with Crippen molar-refractivity contribution in [1.82, 2.24) is 15.3 Å². The molecule has 1 aliphatic rings. The van der Waals surface area contributed by atoms with Crippen molar-refractivity contribution in [2.45, 2.75) is 25.3 Å². The lowest BCUT2D eigenvalue weighted by molar-refractivity contribution is 0.0730. The van der Waals surface area contributed by atoms with E-state index in [2.05, 4.69) is 25.9 Å². The quantitative estimate of drug-likeness (QED) is 0.260. The molecule has 1 saturated carbocycles. The van der Waals surface area contributed by atoms with Gasteiger partial charge < -0.3 is 15.4 Å². The average Bonchev–Trinajstić information content (AvgIpc) is 3.62. The summed E-state index contributed by atoms with van der Waals surface area (Å²) < 4.78 is 20.5. The molecule has 0 aliphatic heterocycles. The van der Waals surface area contributed by atoms with Gasteiger partial charge in [0.1, 0.15) is 29.3 Å². The molecule has 3 aromatic rings. The van der Waals surface area contributed by atoms with Crippen LogP contribution in [0.15, 0.2) is 48.8 Å². The molecule has 2 aromatic heterocycles. The average molecular weight is 488 g/mol. The van der Waals surface area contributed by atoms with E-state index in [0.717, 1.165) is 6.07 Å². The van der Waals surface area contributed by atoms with Crippen LogP contribution in [0.4, 0.5) is 20.8 Å². The Hall–Kier alpha value is -4.85. The minimum absolute atomic E-state index is 0.0395. The van der Waals surface area contributed by atoms with Crippen LogP contribution in [0.3, 0.4) is 0 Å². The van der Waals surface area contributed by atoms with Gasteiger partial charge in [0.2, 0.25) is 0 Å². The van der Waals surface area contributed by atoms with Crippen molar-refractivity contribution in [2.75, 3.05) is 17.7 Å². The maximum atomic E-state index is 15.0. The zero-order valence-corrected chi connectivity index (χ0v) is 19.3. The number of hydrogen-bond donors (Lipinski definition) is 3. The summed E-state index contributed by atoms with van der Waals surface area (Å²) in [6, 6.07) is 9.37. The van der Waals surface area contributed by atoms with Crippen molar-refractivity contribution in [3.05, 3.63) is 76.9 Å². The zero-order chi connectivity index (χ0) is 25.8. The molecule has 2 amide bonds. The lowest BCUT2D eigenvalue weighted by atomic mass is 10.0. The van der Waals surface area contributed by atoms with Gasteiger partial charge in [-0.2, -0.15) is 5.26 Å². The lowest BCUT2D eigenvalue weighted by Crippen LogP contribution is -2.31. The van der Waals surface area contributed by atoms with Gasteiger partial charge >= 0.3 is 12.0 Å². The Balaban J connectivity index is 1.52. The fourth-order valence-electron chi connectivity index (χ4n) is 3.65. The maximum Gasteiger partial charge on any atom is 0.345 e. The molecule has 2 heterocycles. The van der Waals surface area contributed by atoms with E-state index >= 15 is 0 Å². The summed E-state index contributed by atoms with van der Waals surface area (Å²) in [6.45, 7) is 1.29. The van der Waals surface area contributed by atoms with E-state index in [-0.39, 0.29) is 28.3 Å². The van der Waals surface area contributed by atoms with E-state index in [0.29, 0.717) is 17.8 Å². The highest BCUT2D eigenvalue weighted by Gasteiger charge is 2.44. The van der Waals surface area contributed by atoms with Gasteiger partial charge in [0.15, 0.2) is 5.78 Å². The van der Waals surface area contributed by atoms with E-state index in [9.17, 15) is 18.8 Å². The van der Waals surface area contributed by atoms with Crippen LogP contribution in [0, 0.1) is 17.1 Å². The Morgan fingerprint density at radius 3 is 2.44 bits per heavy atom. The predicted octanol–water partition coefficient (Wildman–Crippen LogP) is 3.63. The molecule has 36 heavy (non-hydrogen) atoms. The third-order valence-corrected chi connectivity index (χ3v) is 5.58. The first-order valence-corrected chi connectivity index (χ1v) is 10.9. The zero-order valence-electron chi connectivity index (χ0n) is 19.3. The first-order chi connectivity index (χ1) is 17.3. The molecule has 1 aromatic carbocycles. The first-order valence-electron chi connectivity index (χ1n) is 10.9. The molecule has 11 heteroatoms. The number of urea groups is 1. The number of nitrogens with one attached hydrogen (secondary N) is 3. The SMILES string of the molecule is CNc1ccc(C(=O)Oc2c(C(C)=O)ccc(F)c2C2CC2NC(=O)Nc2ccc(C#N)cn2)cn1. The van der Waals surface area contributed by atoms with Crippen molar-refractivity contribution in [3.63, 3.8) is 0 Å². The van der Waals surface area contributed by atoms with Gasteiger partial charge in [-0.05, 0) is 49.7 Å². The molecule has 3 N–H and O–H groups in total. The maximum absolute atomic E-state index is 15.0. The van der Waals surface area contributed by atoms with Crippen LogP contribution in [-0.2, 0) is 0 Å². The minimum Gasteiger partial charge on any atom is -0.422 e. The van der Waals surface area contributed by atoms with Crippen molar-refractivity contribution in [2.24, 2.45) is 0 Å². The molecule has 0 radical (unpaired) electrons. The topological polar surface area (TPSA) is 146 Å². The van der Waals surface area contributed by atoms with E-state index in [1.165, 1.54) is 43.6 Å². The normalized spacial score (nSPS) is 15.8. The monoisotopic (exact) mass is 488 g/mol. The summed E-state index contributed by atoms with van der Waals surface area (Å²) in [4.78, 5) is 45.4. The van der Waals surface area contributed by atoms with Gasteiger partial charge in [-0.1, -0.05) is 0 Å². The van der Waals surface area contributed by atoms with Crippen LogP contribution in [0.2, 0.25) is 0 Å². The Morgan fingerprint density at radius 2 is 1.83 bits per heavy atom. The highest BCUT2D eigenvalue weighted by Crippen LogP contribution is 2.47. The number of esters is 1. The number of Topliss-reactive ketones (excluding diaryl/α,β-unsaturated/α-hetero) is 1. The molecular weight excluding hydrogens is 467 g/mol. The fourth-order valence-corrected chi connectivity index (χ4v) is 3.65. The summed E-state index contributed by atoms with van der Waals surface area (Å²) in [7, 11) is 1.68. The lowest BCUT2D eigenvalue weighted by Gasteiger charge is -2.15. The van der Waals surface area contributed by atoms with E-state index in [1.54, 1.807) is 13.1 Å². The second-order valence-electron chi connectivity index (χ2n) is 8.06. The van der Waals surface area contributed by atoms with Gasteiger partial charge in [-0.3, -0.25) is 10.1 Å². The predicted molar refractivity (Wildman–Crippen MR) is 127 cm³/mol. The first kappa shape index (κ1) is 24.3. The molecule has 0 bridgehead atoms. The third kappa shape index (κ3) is 5.28. The van der Waals surface area contributed by atoms with Crippen molar-refractivity contribution in [3.8, 4) is 11.8 Å². The van der Waals surface area contributed by atoms with E-state index in [1.807, 2.05) is 6.07 Å². The Kier molecular flexibility index (Phi) is 6.87. The number of carbonyl (C=O) groups excluding carboxylic acids is 3. The summed E-state index contributed by atoms with van der Waals surface area (Å²) in [5.41, 5.74) is 0.562. The van der Waals surface area contributed by atoms with Crippen LogP contribution >= 0.6 is 0 Å². The number of ketones is 1. The molecule has 1 aliphatic carbocycles. The van der Waals surface area contributed by atoms with E-state index < -0.39 is 35.6 Å². The summed E-state index contributed by atoms with van der Waals surface area (Å²) in [5.74, 6) is -1.77. The largest absolute Gasteiger partial charge is 0.422 e. The van der Waals surface area contributed by atoms with Gasteiger partial charge in [-0.15, -0.1) is 0 Å². The Bertz CT molecular complexity index is 1370. The number of ether oxygens (including phenoxy) is 1. The van der Waals surface area contributed by atoms with E-state index in [4.69, 9.17) is 10.00 Å². The molecule has 182 valence electrons. The van der Waals surface area contributed by atoms with Crippen molar-refractivity contribution in [1.29, 1.82) is 5.26 Å². The van der Waals surface area contributed by atoms with Crippen LogP contribution in [0.25, 0.3) is 0 Å². The second kappa shape index (κ2) is 10.2. The summed E-state index contributed by atoms with van der Waals surface area (Å²) in [6.07, 6.45) is 3.00. The van der Waals surface area contributed by atoms with Crippen molar-refractivity contribution < 1.29 is 23.5 Å². The number of amides is 2. The van der Waals surface area contributed by atoms with Crippen LogP contribution in [0.1, 0.15) is 51.1 Å². The Labute approximate surface area is 205 Å². The van der Waals surface area contributed by atoms with Crippen LogP contribution < -0.4 is 20.7 Å². The molecule has 1 fully saturated rings. The highest BCUT2D eigenvalue weighted by molar-refractivity contribution is 5.99. The van der Waals surface area contributed by atoms with Crippen molar-refractivity contribution >= 4 is 29.4 Å². The number of halogens is 1. The number of nitrogens with zero attached hydrogens (tertiary/aromatic N) is 3. The van der Waals surface area contributed by atoms with Crippen LogP contribution in [-0.4, -0.2) is 40.8 Å². The third-order valence-electron chi connectivity index (χ3n) is 5.58. The number of aromatic nitrogens is 2. The number of anilines is 2. The molecule has 2 atom stereocenters. The summed E-state index contributed by atoms with van der Waals surface area (Å²) >= 11 is 0. The fraction of sp³-hybridized carbons (Fsp3) is 0.200. The Morgan fingerprint density at radius 1 is 1.08 bits per heavy atom. The standard InChI is InChI=1S/C25H21FN6O4/c1-13(33)16-5-6-18(26)22(23(16)36-24(34)15-4-8-20(28-2)30-12-15)17-9-19(17)31-25(35)32-21-7-3-14(10-27)11-29-21/h3-8,11-12,17,19H,9H2,1-2H3,(H,28,30)(H2,29,31,32,35). The molecule has 0 spiro atoms. The van der Waals surface area contributed by atoms with Crippen LogP contribution in [0.5, 0.6) is 5.75 Å². The highest BCUT2D eigenvalue weighted by atomic mass is 19.1. The smallest absolute Gasteiger partial charge is 0.345 e. The van der Waals surface area contributed by atoms with Gasteiger partial charge in [0.05, 0.1) is 16.7 Å². The summed E-state index contributed by atoms with van der Waals surface area (Å²) in [5, 5.41) is 16.9.